The van der Waals surface area contributed by atoms with Gasteiger partial charge in [-0.2, -0.15) is 0 Å². The smallest absolute Gasteiger partial charge is 0.187 e. The highest BCUT2D eigenvalue weighted by Crippen LogP contribution is 2.37. The lowest BCUT2D eigenvalue weighted by Gasteiger charge is -2.50. The third kappa shape index (κ3) is 12.9. The summed E-state index contributed by atoms with van der Waals surface area (Å²) in [7, 11) is 1.62. The minimum Gasteiger partial charge on any atom is -0.374 e. The maximum absolute atomic E-state index is 7.41. The van der Waals surface area contributed by atoms with E-state index in [1.54, 1.807) is 7.11 Å². The first-order chi connectivity index (χ1) is 33.2. The summed E-state index contributed by atoms with van der Waals surface area (Å²) in [6, 6.07) is 58.5. The number of hydrogen-bond acceptors (Lipinski definition) is 11. The molecule has 6 aromatic rings. The predicted octanol–water partition coefficient (Wildman–Crippen LogP) is 9.14. The topological polar surface area (TPSA) is 102 Å². The van der Waals surface area contributed by atoms with Gasteiger partial charge in [-0.05, 0) is 38.9 Å². The first-order valence-corrected chi connectivity index (χ1v) is 23.2. The van der Waals surface area contributed by atoms with Crippen molar-refractivity contribution < 1.29 is 52.1 Å². The van der Waals surface area contributed by atoms with Crippen LogP contribution in [0, 0.1) is 0 Å². The monoisotopic (exact) mass is 908 g/mol. The Morgan fingerprint density at radius 2 is 0.791 bits per heavy atom. The van der Waals surface area contributed by atoms with Crippen molar-refractivity contribution in [2.24, 2.45) is 0 Å². The van der Waals surface area contributed by atoms with Crippen LogP contribution in [0.25, 0.3) is 0 Å². The van der Waals surface area contributed by atoms with Crippen molar-refractivity contribution in [2.75, 3.05) is 20.3 Å². The molecule has 0 aliphatic carbocycles. The molecule has 2 saturated heterocycles. The molecule has 3 aliphatic heterocycles. The molecule has 10 atom stereocenters. The van der Waals surface area contributed by atoms with Crippen molar-refractivity contribution in [3.05, 3.63) is 215 Å². The summed E-state index contributed by atoms with van der Waals surface area (Å²) in [5, 5.41) is 0. The fraction of sp³-hybridized carbons (Fsp3) is 0.357. The lowest BCUT2D eigenvalue weighted by atomic mass is 9.95. The normalized spacial score (nSPS) is 26.7. The second-order valence-corrected chi connectivity index (χ2v) is 17.1. The zero-order valence-corrected chi connectivity index (χ0v) is 37.9. The van der Waals surface area contributed by atoms with E-state index in [4.69, 9.17) is 52.1 Å². The number of methoxy groups -OCH3 is 1. The van der Waals surface area contributed by atoms with E-state index >= 15 is 0 Å². The summed E-state index contributed by atoms with van der Waals surface area (Å²) < 4.78 is 75.4. The Morgan fingerprint density at radius 3 is 1.25 bits per heavy atom. The van der Waals surface area contributed by atoms with E-state index in [1.165, 1.54) is 0 Å². The molecule has 0 radical (unpaired) electrons. The maximum atomic E-state index is 7.41. The van der Waals surface area contributed by atoms with E-state index in [-0.39, 0.29) is 39.6 Å². The summed E-state index contributed by atoms with van der Waals surface area (Å²) in [5.74, 6) is 0. The number of ether oxygens (including phenoxy) is 11. The van der Waals surface area contributed by atoms with Crippen LogP contribution >= 0.6 is 0 Å². The molecule has 0 amide bonds. The van der Waals surface area contributed by atoms with Crippen LogP contribution in [-0.4, -0.2) is 81.7 Å². The number of benzene rings is 6. The van der Waals surface area contributed by atoms with E-state index < -0.39 is 61.4 Å². The quantitative estimate of drug-likeness (QED) is 0.0930. The lowest BCUT2D eigenvalue weighted by molar-refractivity contribution is -0.376. The van der Waals surface area contributed by atoms with Gasteiger partial charge in [0, 0.05) is 7.11 Å². The Bertz CT molecular complexity index is 2320. The van der Waals surface area contributed by atoms with Gasteiger partial charge in [-0.25, -0.2) is 0 Å². The molecule has 0 saturated carbocycles. The fourth-order valence-corrected chi connectivity index (χ4v) is 8.81. The molecule has 3 aliphatic rings. The molecular formula is C56H60O11. The summed E-state index contributed by atoms with van der Waals surface area (Å²) in [5.41, 5.74) is 6.95. The van der Waals surface area contributed by atoms with Gasteiger partial charge in [-0.1, -0.05) is 176 Å². The largest absolute Gasteiger partial charge is 0.374 e. The summed E-state index contributed by atoms with van der Waals surface area (Å²) in [6.45, 7) is 2.37. The molecule has 0 aromatic heterocycles. The Hall–Kier alpha value is -5.12. The van der Waals surface area contributed by atoms with Gasteiger partial charge in [0.15, 0.2) is 12.6 Å². The predicted molar refractivity (Wildman–Crippen MR) is 250 cm³/mol. The van der Waals surface area contributed by atoms with Crippen molar-refractivity contribution in [1.82, 2.24) is 0 Å². The summed E-state index contributed by atoms with van der Waals surface area (Å²) >= 11 is 0. The minimum atomic E-state index is -1.05. The van der Waals surface area contributed by atoms with Gasteiger partial charge in [0.2, 0.25) is 0 Å². The van der Waals surface area contributed by atoms with Crippen LogP contribution in [0.1, 0.15) is 38.9 Å². The van der Waals surface area contributed by atoms with Crippen LogP contribution in [0.3, 0.4) is 0 Å². The maximum Gasteiger partial charge on any atom is 0.187 e. The average Bonchev–Trinajstić information content (AvgIpc) is 3.38. The Labute approximate surface area is 393 Å². The van der Waals surface area contributed by atoms with Crippen LogP contribution in [0.15, 0.2) is 176 Å². The Kier molecular flexibility index (Phi) is 17.0. The van der Waals surface area contributed by atoms with E-state index in [0.717, 1.165) is 38.9 Å². The van der Waals surface area contributed by atoms with Gasteiger partial charge in [-0.3, -0.25) is 0 Å². The van der Waals surface area contributed by atoms with Gasteiger partial charge in [0.1, 0.15) is 48.8 Å². The van der Waals surface area contributed by atoms with Gasteiger partial charge in [0.25, 0.3) is 0 Å². The van der Waals surface area contributed by atoms with E-state index in [9.17, 15) is 0 Å². The Morgan fingerprint density at radius 1 is 0.388 bits per heavy atom. The van der Waals surface area contributed by atoms with Crippen molar-refractivity contribution in [3.8, 4) is 0 Å². The van der Waals surface area contributed by atoms with Gasteiger partial charge in [-0.15, -0.1) is 0 Å². The molecule has 6 aromatic carbocycles. The SMILES string of the molecule is CO[C@H]1O[C@@H]2COCc3cccc(c3)COC[C@@H]3O[C@@H](O[C@H]2[C@H](OCc2ccccc2)[C@H]1OCc1ccccc1)[C@H](OCc1ccccc1)[C@@H](OCc1ccccc1)[C@@H]3OCc1ccccc1. The highest BCUT2D eigenvalue weighted by Gasteiger charge is 2.54. The molecule has 9 rings (SSSR count). The Balaban J connectivity index is 1.13. The number of rotatable bonds is 16. The zero-order valence-electron chi connectivity index (χ0n) is 37.9. The van der Waals surface area contributed by atoms with Gasteiger partial charge < -0.3 is 52.1 Å². The molecule has 0 spiro atoms. The van der Waals surface area contributed by atoms with Crippen molar-refractivity contribution in [1.29, 1.82) is 0 Å². The van der Waals surface area contributed by atoms with Crippen molar-refractivity contribution >= 4 is 0 Å². The summed E-state index contributed by atoms with van der Waals surface area (Å²) in [6.07, 6.45) is -7.78. The lowest BCUT2D eigenvalue weighted by Crippen LogP contribution is -2.66. The molecule has 11 nitrogen and oxygen atoms in total. The highest BCUT2D eigenvalue weighted by molar-refractivity contribution is 5.23. The first kappa shape index (κ1) is 47.0. The molecule has 0 N–H and O–H groups in total. The molecule has 11 heteroatoms. The van der Waals surface area contributed by atoms with E-state index in [0.29, 0.717) is 19.8 Å². The minimum absolute atomic E-state index is 0.143. The van der Waals surface area contributed by atoms with Crippen LogP contribution in [0.5, 0.6) is 0 Å². The second kappa shape index (κ2) is 24.2. The third-order valence-electron chi connectivity index (χ3n) is 12.2. The van der Waals surface area contributed by atoms with Gasteiger partial charge in [0.05, 0.1) is 59.5 Å². The molecule has 3 heterocycles. The van der Waals surface area contributed by atoms with Crippen LogP contribution in [0.4, 0.5) is 0 Å². The van der Waals surface area contributed by atoms with Crippen LogP contribution in [-0.2, 0) is 98.4 Å². The number of fused-ring (bicyclic) bond motifs is 5. The van der Waals surface area contributed by atoms with Crippen LogP contribution < -0.4 is 0 Å². The van der Waals surface area contributed by atoms with Crippen molar-refractivity contribution in [2.45, 2.75) is 108 Å². The zero-order chi connectivity index (χ0) is 45.5. The summed E-state index contributed by atoms with van der Waals surface area (Å²) in [4.78, 5) is 0. The second-order valence-electron chi connectivity index (χ2n) is 17.1. The molecular weight excluding hydrogens is 849 g/mol. The van der Waals surface area contributed by atoms with E-state index in [1.807, 2.05) is 170 Å². The van der Waals surface area contributed by atoms with Crippen molar-refractivity contribution in [3.63, 3.8) is 0 Å². The molecule has 2 fully saturated rings. The fourth-order valence-electron chi connectivity index (χ4n) is 8.81. The van der Waals surface area contributed by atoms with Crippen LogP contribution in [0.2, 0.25) is 0 Å². The standard InChI is InChI=1S/C56H60O11/c1-57-55-53(63-36-43-24-13-5-14-25-43)52(62-35-42-22-11-4-12-23-42)50-48(65-55)39-59-32-46-29-17-28-45(30-46)31-58-38-47-49(60-33-40-18-7-2-8-19-40)51(61-34-41-20-9-3-10-21-41)54(56(66-47)67-50)64-37-44-26-15-6-16-27-44/h2-30,47-56H,31-39H2,1H3/t47-,48+,49+,50+,51-,52-,53+,54+,55-,56-/m0/s1. The molecule has 0 unspecified atom stereocenters. The first-order valence-electron chi connectivity index (χ1n) is 23.2. The molecule has 67 heavy (non-hydrogen) atoms. The number of hydrogen-bond donors (Lipinski definition) is 0. The molecule has 4 bridgehead atoms. The van der Waals surface area contributed by atoms with E-state index in [2.05, 4.69) is 6.07 Å². The van der Waals surface area contributed by atoms with Gasteiger partial charge >= 0.3 is 0 Å². The average molecular weight is 909 g/mol. The highest BCUT2D eigenvalue weighted by atomic mass is 16.8. The molecule has 350 valence electrons. The third-order valence-corrected chi connectivity index (χ3v) is 12.2.